The van der Waals surface area contributed by atoms with Gasteiger partial charge in [0, 0.05) is 10.7 Å². The Morgan fingerprint density at radius 3 is 2.59 bits per heavy atom. The van der Waals surface area contributed by atoms with Crippen molar-refractivity contribution in [3.05, 3.63) is 64.2 Å². The quantitative estimate of drug-likeness (QED) is 0.656. The van der Waals surface area contributed by atoms with Gasteiger partial charge in [0.2, 0.25) is 0 Å². The lowest BCUT2D eigenvalue weighted by molar-refractivity contribution is -0.137. The Hall–Kier alpha value is -1.65. The fourth-order valence-electron chi connectivity index (χ4n) is 2.09. The number of nitrogens with two attached hydrogens (primary N) is 1. The van der Waals surface area contributed by atoms with Gasteiger partial charge < -0.3 is 10.5 Å². The van der Waals surface area contributed by atoms with Crippen LogP contribution in [0.4, 0.5) is 5.69 Å². The van der Waals surface area contributed by atoms with Crippen LogP contribution in [-0.4, -0.2) is 18.8 Å². The third-order valence-electron chi connectivity index (χ3n) is 3.31. The highest BCUT2D eigenvalue weighted by Gasteiger charge is 2.19. The lowest BCUT2D eigenvalue weighted by Gasteiger charge is -2.19. The summed E-state index contributed by atoms with van der Waals surface area (Å²) in [6, 6.07) is 13.6. The van der Waals surface area contributed by atoms with E-state index in [0.717, 1.165) is 11.1 Å². The number of esters is 1. The van der Waals surface area contributed by atoms with E-state index in [2.05, 4.69) is 0 Å². The van der Waals surface area contributed by atoms with E-state index in [9.17, 15) is 4.79 Å². The van der Waals surface area contributed by atoms with E-state index >= 15 is 0 Å². The summed E-state index contributed by atoms with van der Waals surface area (Å²) in [5.41, 5.74) is 9.93. The summed E-state index contributed by atoms with van der Waals surface area (Å²) in [6.45, 7) is 2.04. The molecule has 0 aliphatic rings. The Labute approximate surface area is 139 Å². The number of nitrogen functional groups attached to an aromatic ring is 1. The summed E-state index contributed by atoms with van der Waals surface area (Å²) in [5.74, 6) is -0.0104. The Bertz CT molecular complexity index is 658. The van der Waals surface area contributed by atoms with Gasteiger partial charge in [0.15, 0.2) is 0 Å². The number of methoxy groups -OCH3 is 1. The number of aryl methyl sites for hydroxylation is 1. The molecule has 2 aromatic carbocycles. The molecule has 1 unspecified atom stereocenters. The standard InChI is InChI=1S/C17H18ClNO2S/c1-11-3-5-12(6-4-11)17(22-10-16(20)21-2)14-9-13(18)7-8-15(14)19/h3-9,17H,10,19H2,1-2H3. The molecule has 0 aliphatic carbocycles. The van der Waals surface area contributed by atoms with Crippen LogP contribution in [0.15, 0.2) is 42.5 Å². The molecule has 0 aromatic heterocycles. The Morgan fingerprint density at radius 1 is 1.27 bits per heavy atom. The summed E-state index contributed by atoms with van der Waals surface area (Å²) >= 11 is 7.58. The molecule has 2 N–H and O–H groups in total. The molecule has 2 aromatic rings. The molecule has 116 valence electrons. The second-order valence-corrected chi connectivity index (χ2v) is 6.48. The number of benzene rings is 2. The number of carbonyl (C=O) groups excluding carboxylic acids is 1. The first-order valence-electron chi connectivity index (χ1n) is 6.81. The highest BCUT2D eigenvalue weighted by Crippen LogP contribution is 2.39. The molecule has 22 heavy (non-hydrogen) atoms. The number of anilines is 1. The summed E-state index contributed by atoms with van der Waals surface area (Å²) in [4.78, 5) is 11.5. The molecule has 3 nitrogen and oxygen atoms in total. The molecule has 1 atom stereocenters. The van der Waals surface area contributed by atoms with Crippen LogP contribution in [0, 0.1) is 6.92 Å². The smallest absolute Gasteiger partial charge is 0.315 e. The number of carbonyl (C=O) groups is 1. The van der Waals surface area contributed by atoms with E-state index in [1.807, 2.05) is 37.3 Å². The molecule has 0 radical (unpaired) electrons. The number of halogens is 1. The molecule has 0 bridgehead atoms. The molecule has 0 heterocycles. The van der Waals surface area contributed by atoms with Crippen molar-refractivity contribution in [2.75, 3.05) is 18.6 Å². The van der Waals surface area contributed by atoms with Gasteiger partial charge in [-0.25, -0.2) is 0 Å². The average Bonchev–Trinajstić information content (AvgIpc) is 2.52. The van der Waals surface area contributed by atoms with Gasteiger partial charge in [0.25, 0.3) is 0 Å². The molecule has 0 fully saturated rings. The van der Waals surface area contributed by atoms with Gasteiger partial charge in [-0.15, -0.1) is 11.8 Å². The van der Waals surface area contributed by atoms with E-state index in [1.54, 1.807) is 12.1 Å². The van der Waals surface area contributed by atoms with Crippen LogP contribution in [0.1, 0.15) is 21.9 Å². The zero-order valence-corrected chi connectivity index (χ0v) is 14.1. The zero-order valence-electron chi connectivity index (χ0n) is 12.5. The molecule has 5 heteroatoms. The molecule has 2 rings (SSSR count). The first kappa shape index (κ1) is 16.7. The number of ether oxygens (including phenoxy) is 1. The summed E-state index contributed by atoms with van der Waals surface area (Å²) in [5, 5.41) is 0.554. The van der Waals surface area contributed by atoms with Crippen LogP contribution < -0.4 is 5.73 Å². The summed E-state index contributed by atoms with van der Waals surface area (Å²) < 4.78 is 4.73. The van der Waals surface area contributed by atoms with E-state index in [1.165, 1.54) is 24.4 Å². The van der Waals surface area contributed by atoms with Crippen molar-refractivity contribution >= 4 is 35.0 Å². The molecule has 0 saturated carbocycles. The maximum atomic E-state index is 11.5. The van der Waals surface area contributed by atoms with Crippen LogP contribution >= 0.6 is 23.4 Å². The summed E-state index contributed by atoms with van der Waals surface area (Å²) in [6.07, 6.45) is 0. The van der Waals surface area contributed by atoms with Gasteiger partial charge in [-0.3, -0.25) is 4.79 Å². The highest BCUT2D eigenvalue weighted by atomic mass is 35.5. The molecular weight excluding hydrogens is 318 g/mol. The van der Waals surface area contributed by atoms with Crippen molar-refractivity contribution in [2.45, 2.75) is 12.2 Å². The predicted molar refractivity (Wildman–Crippen MR) is 93.4 cm³/mol. The minimum Gasteiger partial charge on any atom is -0.468 e. The van der Waals surface area contributed by atoms with Crippen molar-refractivity contribution < 1.29 is 9.53 Å². The third-order valence-corrected chi connectivity index (χ3v) is 4.80. The molecule has 0 aliphatic heterocycles. The lowest BCUT2D eigenvalue weighted by Crippen LogP contribution is -2.08. The van der Waals surface area contributed by atoms with Crippen LogP contribution in [0.25, 0.3) is 0 Å². The highest BCUT2D eigenvalue weighted by molar-refractivity contribution is 8.00. The number of hydrogen-bond donors (Lipinski definition) is 1. The van der Waals surface area contributed by atoms with Crippen LogP contribution in [-0.2, 0) is 9.53 Å². The monoisotopic (exact) mass is 335 g/mol. The Balaban J connectivity index is 2.38. The molecular formula is C17H18ClNO2S. The van der Waals surface area contributed by atoms with E-state index in [4.69, 9.17) is 22.1 Å². The Morgan fingerprint density at radius 2 is 1.95 bits per heavy atom. The van der Waals surface area contributed by atoms with Gasteiger partial charge >= 0.3 is 5.97 Å². The van der Waals surface area contributed by atoms with Gasteiger partial charge in [-0.2, -0.15) is 0 Å². The van der Waals surface area contributed by atoms with Crippen molar-refractivity contribution in [3.8, 4) is 0 Å². The van der Waals surface area contributed by atoms with Crippen LogP contribution in [0.3, 0.4) is 0 Å². The van der Waals surface area contributed by atoms with Crippen LogP contribution in [0.2, 0.25) is 5.02 Å². The average molecular weight is 336 g/mol. The second kappa shape index (κ2) is 7.56. The molecule has 0 saturated heterocycles. The predicted octanol–water partition coefficient (Wildman–Crippen LogP) is 4.23. The zero-order chi connectivity index (χ0) is 16.1. The van der Waals surface area contributed by atoms with Crippen molar-refractivity contribution in [3.63, 3.8) is 0 Å². The normalized spacial score (nSPS) is 12.0. The molecule has 0 amide bonds. The maximum absolute atomic E-state index is 11.5. The maximum Gasteiger partial charge on any atom is 0.315 e. The van der Waals surface area contributed by atoms with E-state index in [-0.39, 0.29) is 17.0 Å². The van der Waals surface area contributed by atoms with Crippen molar-refractivity contribution in [1.82, 2.24) is 0 Å². The lowest BCUT2D eigenvalue weighted by atomic mass is 10.0. The largest absolute Gasteiger partial charge is 0.468 e. The van der Waals surface area contributed by atoms with E-state index in [0.29, 0.717) is 10.7 Å². The second-order valence-electron chi connectivity index (χ2n) is 4.95. The van der Waals surface area contributed by atoms with Crippen LogP contribution in [0.5, 0.6) is 0 Å². The minimum absolute atomic E-state index is 0.0709. The fourth-order valence-corrected chi connectivity index (χ4v) is 3.42. The number of thioether (sulfide) groups is 1. The van der Waals surface area contributed by atoms with Crippen molar-refractivity contribution in [1.29, 1.82) is 0 Å². The van der Waals surface area contributed by atoms with Gasteiger partial charge in [-0.1, -0.05) is 41.4 Å². The first-order chi connectivity index (χ1) is 10.5. The van der Waals surface area contributed by atoms with E-state index < -0.39 is 0 Å². The topological polar surface area (TPSA) is 52.3 Å². The van der Waals surface area contributed by atoms with Gasteiger partial charge in [0.05, 0.1) is 18.1 Å². The number of hydrogen-bond acceptors (Lipinski definition) is 4. The number of rotatable bonds is 5. The third kappa shape index (κ3) is 4.18. The first-order valence-corrected chi connectivity index (χ1v) is 8.24. The SMILES string of the molecule is COC(=O)CSC(c1ccc(C)cc1)c1cc(Cl)ccc1N. The van der Waals surface area contributed by atoms with Gasteiger partial charge in [-0.05, 0) is 36.2 Å². The van der Waals surface area contributed by atoms with Gasteiger partial charge in [0.1, 0.15) is 0 Å². The molecule has 0 spiro atoms. The summed E-state index contributed by atoms with van der Waals surface area (Å²) in [7, 11) is 1.39. The minimum atomic E-state index is -0.261. The Kier molecular flexibility index (Phi) is 5.75. The fraction of sp³-hybridized carbons (Fsp3) is 0.235. The van der Waals surface area contributed by atoms with Crippen molar-refractivity contribution in [2.24, 2.45) is 0 Å².